The molecule has 2 rings (SSSR count). The first-order valence-electron chi connectivity index (χ1n) is 9.96. The van der Waals surface area contributed by atoms with Gasteiger partial charge >= 0.3 is 17.9 Å². The second-order valence-electron chi connectivity index (χ2n) is 6.76. The fourth-order valence-corrected chi connectivity index (χ4v) is 2.65. The number of amides is 1. The SMILES string of the molecule is COC(=O)COC(=O)C(Cc1ccc(OC(=O)CO)cc1)NC(=O)COCc1ccccc1. The van der Waals surface area contributed by atoms with E-state index in [2.05, 4.69) is 10.1 Å². The number of carbonyl (C=O) groups is 4. The van der Waals surface area contributed by atoms with Crippen LogP contribution in [0.25, 0.3) is 0 Å². The van der Waals surface area contributed by atoms with E-state index in [-0.39, 0.29) is 25.4 Å². The van der Waals surface area contributed by atoms with Gasteiger partial charge in [-0.25, -0.2) is 14.4 Å². The van der Waals surface area contributed by atoms with Gasteiger partial charge in [0.25, 0.3) is 0 Å². The number of hydrogen-bond donors (Lipinski definition) is 2. The van der Waals surface area contributed by atoms with Gasteiger partial charge in [-0.05, 0) is 23.3 Å². The van der Waals surface area contributed by atoms with E-state index in [1.54, 1.807) is 12.1 Å². The molecule has 1 amide bonds. The fourth-order valence-electron chi connectivity index (χ4n) is 2.65. The van der Waals surface area contributed by atoms with Crippen LogP contribution < -0.4 is 10.1 Å². The van der Waals surface area contributed by atoms with E-state index in [1.165, 1.54) is 12.1 Å². The van der Waals surface area contributed by atoms with Crippen LogP contribution >= 0.6 is 0 Å². The lowest BCUT2D eigenvalue weighted by Gasteiger charge is -2.18. The Morgan fingerprint density at radius 1 is 0.909 bits per heavy atom. The molecule has 0 bridgehead atoms. The normalized spacial score (nSPS) is 11.2. The summed E-state index contributed by atoms with van der Waals surface area (Å²) in [6.07, 6.45) is 0.0403. The van der Waals surface area contributed by atoms with E-state index in [1.807, 2.05) is 30.3 Å². The number of carbonyl (C=O) groups excluding carboxylic acids is 4. The van der Waals surface area contributed by atoms with E-state index in [0.717, 1.165) is 12.7 Å². The quantitative estimate of drug-likeness (QED) is 0.344. The van der Waals surface area contributed by atoms with Crippen LogP contribution in [0.3, 0.4) is 0 Å². The molecule has 2 N–H and O–H groups in total. The van der Waals surface area contributed by atoms with Crippen molar-refractivity contribution in [3.63, 3.8) is 0 Å². The lowest BCUT2D eigenvalue weighted by Crippen LogP contribution is -2.45. The Balaban J connectivity index is 1.98. The van der Waals surface area contributed by atoms with Gasteiger partial charge in [0, 0.05) is 6.42 Å². The first-order valence-corrected chi connectivity index (χ1v) is 9.96. The number of rotatable bonds is 12. The molecular formula is C23H25NO9. The van der Waals surface area contributed by atoms with Gasteiger partial charge in [0.15, 0.2) is 6.61 Å². The smallest absolute Gasteiger partial charge is 0.344 e. The average molecular weight is 459 g/mol. The molecule has 2 aromatic rings. The molecule has 0 radical (unpaired) electrons. The van der Waals surface area contributed by atoms with Crippen LogP contribution in [0.5, 0.6) is 5.75 Å². The third kappa shape index (κ3) is 9.50. The first-order chi connectivity index (χ1) is 15.9. The van der Waals surface area contributed by atoms with Crippen molar-refractivity contribution in [1.82, 2.24) is 5.32 Å². The summed E-state index contributed by atoms with van der Waals surface area (Å²) >= 11 is 0. The van der Waals surface area contributed by atoms with E-state index in [0.29, 0.717) is 5.56 Å². The molecule has 0 aliphatic carbocycles. The highest BCUT2D eigenvalue weighted by atomic mass is 16.6. The zero-order valence-corrected chi connectivity index (χ0v) is 18.0. The molecule has 10 heteroatoms. The minimum atomic E-state index is -1.10. The molecule has 1 unspecified atom stereocenters. The predicted octanol–water partition coefficient (Wildman–Crippen LogP) is 0.545. The summed E-state index contributed by atoms with van der Waals surface area (Å²) in [5.41, 5.74) is 1.51. The number of methoxy groups -OCH3 is 1. The molecule has 0 spiro atoms. The van der Waals surface area contributed by atoms with Crippen molar-refractivity contribution in [3.05, 3.63) is 65.7 Å². The van der Waals surface area contributed by atoms with Crippen LogP contribution in [0.4, 0.5) is 0 Å². The molecule has 0 fully saturated rings. The van der Waals surface area contributed by atoms with Crippen molar-refractivity contribution < 1.29 is 43.2 Å². The van der Waals surface area contributed by atoms with E-state index in [4.69, 9.17) is 19.3 Å². The summed E-state index contributed by atoms with van der Waals surface area (Å²) in [5.74, 6) is -2.71. The van der Waals surface area contributed by atoms with Gasteiger partial charge in [-0.3, -0.25) is 4.79 Å². The first kappa shape index (κ1) is 25.5. The van der Waals surface area contributed by atoms with Crippen molar-refractivity contribution in [3.8, 4) is 5.75 Å². The second kappa shape index (κ2) is 13.6. The number of ether oxygens (including phenoxy) is 4. The summed E-state index contributed by atoms with van der Waals surface area (Å²) in [4.78, 5) is 47.2. The Hall–Kier alpha value is -3.76. The minimum Gasteiger partial charge on any atom is -0.466 e. The Kier molecular flexibility index (Phi) is 10.5. The van der Waals surface area contributed by atoms with Gasteiger partial charge in [0.2, 0.25) is 5.91 Å². The van der Waals surface area contributed by atoms with Crippen molar-refractivity contribution in [2.24, 2.45) is 0 Å². The van der Waals surface area contributed by atoms with Gasteiger partial charge in [0.1, 0.15) is 25.0 Å². The Bertz CT molecular complexity index is 929. The summed E-state index contributed by atoms with van der Waals surface area (Å²) in [6.45, 7) is -1.41. The highest BCUT2D eigenvalue weighted by molar-refractivity contribution is 5.86. The van der Waals surface area contributed by atoms with Gasteiger partial charge in [-0.15, -0.1) is 0 Å². The van der Waals surface area contributed by atoms with E-state index in [9.17, 15) is 19.2 Å². The van der Waals surface area contributed by atoms with Gasteiger partial charge in [0.05, 0.1) is 13.7 Å². The molecular weight excluding hydrogens is 434 g/mol. The number of esters is 3. The molecule has 0 aromatic heterocycles. The number of aliphatic hydroxyl groups excluding tert-OH is 1. The fraction of sp³-hybridized carbons (Fsp3) is 0.304. The molecule has 1 atom stereocenters. The van der Waals surface area contributed by atoms with E-state index >= 15 is 0 Å². The van der Waals surface area contributed by atoms with Gasteiger partial charge < -0.3 is 29.4 Å². The summed E-state index contributed by atoms with van der Waals surface area (Å²) < 4.78 is 19.6. The zero-order valence-electron chi connectivity index (χ0n) is 18.0. The monoisotopic (exact) mass is 459 g/mol. The molecule has 0 saturated carbocycles. The van der Waals surface area contributed by atoms with Crippen molar-refractivity contribution in [2.45, 2.75) is 19.1 Å². The van der Waals surface area contributed by atoms with Crippen LogP contribution in [0, 0.1) is 0 Å². The number of hydrogen-bond acceptors (Lipinski definition) is 9. The highest BCUT2D eigenvalue weighted by Gasteiger charge is 2.24. The molecule has 0 aliphatic heterocycles. The zero-order chi connectivity index (χ0) is 24.1. The van der Waals surface area contributed by atoms with Crippen LogP contribution in [-0.4, -0.2) is 61.9 Å². The van der Waals surface area contributed by atoms with Gasteiger partial charge in [-0.1, -0.05) is 42.5 Å². The van der Waals surface area contributed by atoms with Crippen LogP contribution in [0.15, 0.2) is 54.6 Å². The summed E-state index contributed by atoms with van der Waals surface area (Å²) in [6, 6.07) is 14.3. The number of nitrogens with one attached hydrogen (secondary N) is 1. The molecule has 0 aliphatic rings. The van der Waals surface area contributed by atoms with Crippen LogP contribution in [-0.2, 0) is 46.4 Å². The Labute approximate surface area is 190 Å². The second-order valence-corrected chi connectivity index (χ2v) is 6.76. The molecule has 176 valence electrons. The molecule has 0 saturated heterocycles. The van der Waals surface area contributed by atoms with Crippen LogP contribution in [0.1, 0.15) is 11.1 Å². The van der Waals surface area contributed by atoms with Gasteiger partial charge in [-0.2, -0.15) is 0 Å². The third-order valence-electron chi connectivity index (χ3n) is 4.25. The van der Waals surface area contributed by atoms with Crippen molar-refractivity contribution in [2.75, 3.05) is 26.9 Å². The maximum absolute atomic E-state index is 12.5. The average Bonchev–Trinajstić information content (AvgIpc) is 2.83. The maximum Gasteiger partial charge on any atom is 0.344 e. The lowest BCUT2D eigenvalue weighted by molar-refractivity contribution is -0.158. The van der Waals surface area contributed by atoms with E-state index < -0.39 is 43.1 Å². The number of benzene rings is 2. The highest BCUT2D eigenvalue weighted by Crippen LogP contribution is 2.14. The Morgan fingerprint density at radius 2 is 1.61 bits per heavy atom. The largest absolute Gasteiger partial charge is 0.466 e. The molecule has 0 heterocycles. The topological polar surface area (TPSA) is 137 Å². The summed E-state index contributed by atoms with van der Waals surface area (Å²) in [5, 5.41) is 11.3. The van der Waals surface area contributed by atoms with Crippen LogP contribution in [0.2, 0.25) is 0 Å². The predicted molar refractivity (Wildman–Crippen MR) is 114 cm³/mol. The minimum absolute atomic E-state index is 0.0403. The maximum atomic E-state index is 12.5. The Morgan fingerprint density at radius 3 is 2.24 bits per heavy atom. The lowest BCUT2D eigenvalue weighted by atomic mass is 10.1. The summed E-state index contributed by atoms with van der Waals surface area (Å²) in [7, 11) is 1.16. The standard InChI is InChI=1S/C23H25NO9/c1-30-22(28)15-32-23(29)19(11-16-7-9-18(10-8-16)33-21(27)12-25)24-20(26)14-31-13-17-5-3-2-4-6-17/h2-10,19,25H,11-15H2,1H3,(H,24,26). The molecule has 33 heavy (non-hydrogen) atoms. The molecule has 2 aromatic carbocycles. The van der Waals surface area contributed by atoms with Crippen molar-refractivity contribution in [1.29, 1.82) is 0 Å². The third-order valence-corrected chi connectivity index (χ3v) is 4.25. The molecule has 10 nitrogen and oxygen atoms in total. The number of aliphatic hydroxyl groups is 1. The van der Waals surface area contributed by atoms with Crippen molar-refractivity contribution >= 4 is 23.8 Å².